The zero-order chi connectivity index (χ0) is 10.5. The van der Waals surface area contributed by atoms with Crippen LogP contribution in [-0.4, -0.2) is 31.5 Å². The summed E-state index contributed by atoms with van der Waals surface area (Å²) in [6.45, 7) is 1.69. The Morgan fingerprint density at radius 2 is 2.07 bits per heavy atom. The smallest absolute Gasteiger partial charge is 0.0808 e. The second-order valence-corrected chi connectivity index (χ2v) is 4.87. The molecule has 0 aromatic heterocycles. The Hall–Kier alpha value is -0.120. The normalized spacial score (nSPS) is 37.8. The molecule has 3 nitrogen and oxygen atoms in total. The van der Waals surface area contributed by atoms with Gasteiger partial charge in [-0.25, -0.2) is 0 Å². The van der Waals surface area contributed by atoms with Gasteiger partial charge in [0.1, 0.15) is 0 Å². The second-order valence-electron chi connectivity index (χ2n) is 4.87. The molecular weight excluding hydrogens is 190 g/mol. The Bertz CT molecular complexity index is 180. The van der Waals surface area contributed by atoms with Gasteiger partial charge >= 0.3 is 0 Å². The monoisotopic (exact) mass is 213 g/mol. The van der Waals surface area contributed by atoms with Crippen LogP contribution < -0.4 is 5.73 Å². The molecule has 0 radical (unpaired) electrons. The third-order valence-electron chi connectivity index (χ3n) is 3.46. The highest BCUT2D eigenvalue weighted by molar-refractivity contribution is 4.76. The molecule has 1 saturated heterocycles. The average Bonchev–Trinajstić information content (AvgIpc) is 2.28. The van der Waals surface area contributed by atoms with Gasteiger partial charge in [0, 0.05) is 12.6 Å². The summed E-state index contributed by atoms with van der Waals surface area (Å²) in [4.78, 5) is 0. The van der Waals surface area contributed by atoms with Crippen molar-refractivity contribution in [3.8, 4) is 0 Å². The first kappa shape index (κ1) is 11.4. The Kier molecular flexibility index (Phi) is 4.42. The van der Waals surface area contributed by atoms with Crippen molar-refractivity contribution in [3.63, 3.8) is 0 Å². The molecule has 0 bridgehead atoms. The van der Waals surface area contributed by atoms with E-state index in [1.165, 1.54) is 38.5 Å². The van der Waals surface area contributed by atoms with Crippen molar-refractivity contribution in [1.82, 2.24) is 0 Å². The number of ether oxygens (including phenoxy) is 2. The molecule has 3 heteroatoms. The van der Waals surface area contributed by atoms with Crippen molar-refractivity contribution in [2.24, 2.45) is 5.73 Å². The van der Waals surface area contributed by atoms with E-state index in [1.807, 2.05) is 0 Å². The first-order chi connectivity index (χ1) is 7.34. The Morgan fingerprint density at radius 3 is 2.80 bits per heavy atom. The molecule has 2 rings (SSSR count). The summed E-state index contributed by atoms with van der Waals surface area (Å²) in [6, 6.07) is 0.357. The molecule has 0 amide bonds. The molecule has 15 heavy (non-hydrogen) atoms. The summed E-state index contributed by atoms with van der Waals surface area (Å²) in [5.74, 6) is 0. The summed E-state index contributed by atoms with van der Waals surface area (Å²) < 4.78 is 11.5. The fourth-order valence-electron chi connectivity index (χ4n) is 2.51. The van der Waals surface area contributed by atoms with Crippen LogP contribution in [0.4, 0.5) is 0 Å². The van der Waals surface area contributed by atoms with Crippen molar-refractivity contribution in [1.29, 1.82) is 0 Å². The quantitative estimate of drug-likeness (QED) is 0.778. The molecule has 2 N–H and O–H groups in total. The second kappa shape index (κ2) is 5.83. The van der Waals surface area contributed by atoms with E-state index in [0.29, 0.717) is 18.2 Å². The maximum absolute atomic E-state index is 5.92. The van der Waals surface area contributed by atoms with Gasteiger partial charge in [0.15, 0.2) is 0 Å². The van der Waals surface area contributed by atoms with Gasteiger partial charge in [-0.3, -0.25) is 0 Å². The average molecular weight is 213 g/mol. The van der Waals surface area contributed by atoms with Gasteiger partial charge in [0.2, 0.25) is 0 Å². The maximum atomic E-state index is 5.92. The Labute approximate surface area is 92.3 Å². The van der Waals surface area contributed by atoms with Gasteiger partial charge in [0.05, 0.1) is 18.8 Å². The van der Waals surface area contributed by atoms with Crippen molar-refractivity contribution < 1.29 is 9.47 Å². The first-order valence-corrected chi connectivity index (χ1v) is 6.33. The van der Waals surface area contributed by atoms with Gasteiger partial charge < -0.3 is 15.2 Å². The van der Waals surface area contributed by atoms with Gasteiger partial charge in [-0.1, -0.05) is 0 Å². The summed E-state index contributed by atoms with van der Waals surface area (Å²) in [7, 11) is 0. The molecule has 3 atom stereocenters. The number of nitrogens with two attached hydrogens (primary N) is 1. The van der Waals surface area contributed by atoms with E-state index in [1.54, 1.807) is 0 Å². The van der Waals surface area contributed by atoms with Crippen LogP contribution in [-0.2, 0) is 9.47 Å². The van der Waals surface area contributed by atoms with Crippen LogP contribution in [0.15, 0.2) is 0 Å². The SMILES string of the molecule is NC1CCCC(OCC2CCCCO2)C1. The van der Waals surface area contributed by atoms with Gasteiger partial charge in [-0.15, -0.1) is 0 Å². The van der Waals surface area contributed by atoms with E-state index >= 15 is 0 Å². The summed E-state index contributed by atoms with van der Waals surface area (Å²) in [6.07, 6.45) is 9.00. The number of hydrogen-bond donors (Lipinski definition) is 1. The molecule has 1 aliphatic carbocycles. The molecule has 88 valence electrons. The van der Waals surface area contributed by atoms with Crippen LogP contribution in [0, 0.1) is 0 Å². The van der Waals surface area contributed by atoms with Crippen molar-refractivity contribution >= 4 is 0 Å². The third-order valence-corrected chi connectivity index (χ3v) is 3.46. The Balaban J connectivity index is 1.63. The highest BCUT2D eigenvalue weighted by atomic mass is 16.5. The highest BCUT2D eigenvalue weighted by Gasteiger charge is 2.21. The van der Waals surface area contributed by atoms with Crippen molar-refractivity contribution in [2.75, 3.05) is 13.2 Å². The minimum absolute atomic E-state index is 0.344. The predicted molar refractivity (Wildman–Crippen MR) is 59.8 cm³/mol. The van der Waals surface area contributed by atoms with Crippen LogP contribution >= 0.6 is 0 Å². The summed E-state index contributed by atoms with van der Waals surface area (Å²) in [5.41, 5.74) is 5.92. The van der Waals surface area contributed by atoms with Crippen molar-refractivity contribution in [3.05, 3.63) is 0 Å². The standard InChI is InChI=1S/C12H23NO2/c13-10-4-3-6-11(8-10)15-9-12-5-1-2-7-14-12/h10-12H,1-9,13H2. The van der Waals surface area contributed by atoms with Gasteiger partial charge in [-0.2, -0.15) is 0 Å². The number of hydrogen-bond acceptors (Lipinski definition) is 3. The molecule has 0 aromatic rings. The highest BCUT2D eigenvalue weighted by Crippen LogP contribution is 2.21. The molecule has 3 unspecified atom stereocenters. The molecule has 1 aliphatic heterocycles. The fourth-order valence-corrected chi connectivity index (χ4v) is 2.51. The van der Waals surface area contributed by atoms with Crippen LogP contribution in [0.1, 0.15) is 44.9 Å². The number of rotatable bonds is 3. The van der Waals surface area contributed by atoms with Crippen LogP contribution in [0.3, 0.4) is 0 Å². The van der Waals surface area contributed by atoms with E-state index in [4.69, 9.17) is 15.2 Å². The minimum atomic E-state index is 0.344. The van der Waals surface area contributed by atoms with E-state index in [2.05, 4.69) is 0 Å². The van der Waals surface area contributed by atoms with E-state index in [9.17, 15) is 0 Å². The Morgan fingerprint density at radius 1 is 1.13 bits per heavy atom. The van der Waals surface area contributed by atoms with E-state index in [-0.39, 0.29) is 0 Å². The predicted octanol–water partition coefficient (Wildman–Crippen LogP) is 1.84. The summed E-state index contributed by atoms with van der Waals surface area (Å²) >= 11 is 0. The molecule has 2 fully saturated rings. The third kappa shape index (κ3) is 3.74. The summed E-state index contributed by atoms with van der Waals surface area (Å²) in [5, 5.41) is 0. The molecule has 1 heterocycles. The first-order valence-electron chi connectivity index (χ1n) is 6.33. The topological polar surface area (TPSA) is 44.5 Å². The zero-order valence-corrected chi connectivity index (χ0v) is 9.49. The zero-order valence-electron chi connectivity index (χ0n) is 9.49. The molecular formula is C12H23NO2. The van der Waals surface area contributed by atoms with Crippen LogP contribution in [0.5, 0.6) is 0 Å². The lowest BCUT2D eigenvalue weighted by atomic mass is 9.93. The lowest BCUT2D eigenvalue weighted by molar-refractivity contribution is -0.0712. The van der Waals surface area contributed by atoms with Gasteiger partial charge in [-0.05, 0) is 44.9 Å². The fraction of sp³-hybridized carbons (Fsp3) is 1.00. The molecule has 1 saturated carbocycles. The minimum Gasteiger partial charge on any atom is -0.376 e. The van der Waals surface area contributed by atoms with E-state index in [0.717, 1.165) is 19.6 Å². The molecule has 0 aromatic carbocycles. The largest absolute Gasteiger partial charge is 0.376 e. The molecule has 0 spiro atoms. The lowest BCUT2D eigenvalue weighted by Gasteiger charge is -2.29. The lowest BCUT2D eigenvalue weighted by Crippen LogP contribution is -2.34. The van der Waals surface area contributed by atoms with Crippen LogP contribution in [0.25, 0.3) is 0 Å². The van der Waals surface area contributed by atoms with E-state index < -0.39 is 0 Å². The van der Waals surface area contributed by atoms with Crippen molar-refractivity contribution in [2.45, 2.75) is 63.2 Å². The van der Waals surface area contributed by atoms with Crippen LogP contribution in [0.2, 0.25) is 0 Å². The maximum Gasteiger partial charge on any atom is 0.0808 e. The molecule has 2 aliphatic rings. The van der Waals surface area contributed by atoms with Gasteiger partial charge in [0.25, 0.3) is 0 Å².